The third kappa shape index (κ3) is 6.83. The molecule has 174 valence electrons. The molecule has 0 aliphatic rings. The van der Waals surface area contributed by atoms with Gasteiger partial charge in [0.25, 0.3) is 5.91 Å². The highest BCUT2D eigenvalue weighted by atomic mass is 16.5. The van der Waals surface area contributed by atoms with Crippen molar-refractivity contribution in [2.24, 2.45) is 0 Å². The van der Waals surface area contributed by atoms with Crippen LogP contribution in [0.4, 0.5) is 5.69 Å². The SMILES string of the molecule is COc1cc(C(C)NC(=O)c2cccc(NC(=O)CCn3ccnc3)c2)ccc1OC(C)C. The minimum Gasteiger partial charge on any atom is -0.493 e. The molecule has 1 aromatic heterocycles. The van der Waals surface area contributed by atoms with E-state index in [1.807, 2.05) is 43.5 Å². The van der Waals surface area contributed by atoms with E-state index in [9.17, 15) is 9.59 Å². The quantitative estimate of drug-likeness (QED) is 0.483. The average molecular weight is 451 g/mol. The van der Waals surface area contributed by atoms with E-state index >= 15 is 0 Å². The molecular weight excluding hydrogens is 420 g/mol. The predicted octanol–water partition coefficient (Wildman–Crippen LogP) is 4.20. The van der Waals surface area contributed by atoms with Gasteiger partial charge in [0.2, 0.25) is 5.91 Å². The van der Waals surface area contributed by atoms with Gasteiger partial charge in [0, 0.05) is 36.6 Å². The summed E-state index contributed by atoms with van der Waals surface area (Å²) in [7, 11) is 1.59. The Morgan fingerprint density at radius 3 is 2.61 bits per heavy atom. The number of anilines is 1. The average Bonchev–Trinajstić information content (AvgIpc) is 3.31. The van der Waals surface area contributed by atoms with Crippen molar-refractivity contribution in [1.29, 1.82) is 0 Å². The highest BCUT2D eigenvalue weighted by molar-refractivity contribution is 5.97. The van der Waals surface area contributed by atoms with Crippen LogP contribution in [0.5, 0.6) is 11.5 Å². The van der Waals surface area contributed by atoms with E-state index in [4.69, 9.17) is 9.47 Å². The number of aromatic nitrogens is 2. The summed E-state index contributed by atoms with van der Waals surface area (Å²) in [6.07, 6.45) is 5.48. The first-order valence-electron chi connectivity index (χ1n) is 10.9. The highest BCUT2D eigenvalue weighted by Crippen LogP contribution is 2.31. The minimum absolute atomic E-state index is 0.0283. The largest absolute Gasteiger partial charge is 0.493 e. The lowest BCUT2D eigenvalue weighted by Gasteiger charge is -2.18. The van der Waals surface area contributed by atoms with Crippen molar-refractivity contribution in [3.05, 3.63) is 72.3 Å². The van der Waals surface area contributed by atoms with E-state index in [0.29, 0.717) is 35.7 Å². The highest BCUT2D eigenvalue weighted by Gasteiger charge is 2.15. The summed E-state index contributed by atoms with van der Waals surface area (Å²) in [5.41, 5.74) is 1.92. The van der Waals surface area contributed by atoms with Crippen LogP contribution in [0.15, 0.2) is 61.2 Å². The van der Waals surface area contributed by atoms with E-state index in [2.05, 4.69) is 15.6 Å². The molecule has 8 heteroatoms. The fourth-order valence-electron chi connectivity index (χ4n) is 3.28. The number of rotatable bonds is 10. The van der Waals surface area contributed by atoms with Gasteiger partial charge in [-0.05, 0) is 56.7 Å². The summed E-state index contributed by atoms with van der Waals surface area (Å²) >= 11 is 0. The van der Waals surface area contributed by atoms with E-state index < -0.39 is 0 Å². The maximum absolute atomic E-state index is 12.8. The molecule has 0 bridgehead atoms. The summed E-state index contributed by atoms with van der Waals surface area (Å²) in [6, 6.07) is 12.2. The first-order valence-corrected chi connectivity index (χ1v) is 10.9. The second-order valence-corrected chi connectivity index (χ2v) is 7.95. The van der Waals surface area contributed by atoms with E-state index in [-0.39, 0.29) is 24.0 Å². The molecule has 2 amide bonds. The Labute approximate surface area is 193 Å². The molecule has 1 unspecified atom stereocenters. The predicted molar refractivity (Wildman–Crippen MR) is 127 cm³/mol. The first kappa shape index (κ1) is 23.8. The van der Waals surface area contributed by atoms with Crippen molar-refractivity contribution in [3.63, 3.8) is 0 Å². The Morgan fingerprint density at radius 1 is 1.09 bits per heavy atom. The number of aryl methyl sites for hydroxylation is 1. The van der Waals surface area contributed by atoms with Gasteiger partial charge < -0.3 is 24.7 Å². The number of nitrogens with zero attached hydrogens (tertiary/aromatic N) is 2. The number of carbonyl (C=O) groups is 2. The van der Waals surface area contributed by atoms with E-state index in [1.54, 1.807) is 50.1 Å². The molecule has 0 spiro atoms. The second-order valence-electron chi connectivity index (χ2n) is 7.95. The normalized spacial score (nSPS) is 11.7. The van der Waals surface area contributed by atoms with Gasteiger partial charge in [0.15, 0.2) is 11.5 Å². The Morgan fingerprint density at radius 2 is 1.91 bits per heavy atom. The molecule has 2 aromatic carbocycles. The summed E-state index contributed by atoms with van der Waals surface area (Å²) in [4.78, 5) is 29.0. The lowest BCUT2D eigenvalue weighted by atomic mass is 10.1. The van der Waals surface area contributed by atoms with Crippen LogP contribution in [0, 0.1) is 0 Å². The Bertz CT molecular complexity index is 1080. The maximum Gasteiger partial charge on any atom is 0.251 e. The number of imidazole rings is 1. The number of amides is 2. The number of ether oxygens (including phenoxy) is 2. The molecule has 0 saturated carbocycles. The molecule has 1 heterocycles. The number of nitrogens with one attached hydrogen (secondary N) is 2. The first-order chi connectivity index (χ1) is 15.9. The van der Waals surface area contributed by atoms with Crippen LogP contribution < -0.4 is 20.1 Å². The third-order valence-corrected chi connectivity index (χ3v) is 4.96. The summed E-state index contributed by atoms with van der Waals surface area (Å²) in [6.45, 7) is 6.34. The zero-order chi connectivity index (χ0) is 23.8. The molecule has 0 fully saturated rings. The van der Waals surface area contributed by atoms with Gasteiger partial charge in [-0.3, -0.25) is 9.59 Å². The molecule has 0 aliphatic carbocycles. The zero-order valence-electron chi connectivity index (χ0n) is 19.4. The smallest absolute Gasteiger partial charge is 0.251 e. The van der Waals surface area contributed by atoms with Gasteiger partial charge in [-0.15, -0.1) is 0 Å². The van der Waals surface area contributed by atoms with Gasteiger partial charge in [0.1, 0.15) is 0 Å². The molecule has 8 nitrogen and oxygen atoms in total. The van der Waals surface area contributed by atoms with Crippen LogP contribution in [0.25, 0.3) is 0 Å². The topological polar surface area (TPSA) is 94.5 Å². The van der Waals surface area contributed by atoms with Crippen molar-refractivity contribution in [1.82, 2.24) is 14.9 Å². The molecule has 3 aromatic rings. The fourth-order valence-corrected chi connectivity index (χ4v) is 3.28. The Hall–Kier alpha value is -3.81. The van der Waals surface area contributed by atoms with Gasteiger partial charge in [-0.1, -0.05) is 12.1 Å². The number of carbonyl (C=O) groups excluding carboxylic acids is 2. The van der Waals surface area contributed by atoms with Crippen LogP contribution in [0.2, 0.25) is 0 Å². The lowest BCUT2D eigenvalue weighted by molar-refractivity contribution is -0.116. The Kier molecular flexibility index (Phi) is 8.07. The van der Waals surface area contributed by atoms with Crippen molar-refractivity contribution >= 4 is 17.5 Å². The molecule has 33 heavy (non-hydrogen) atoms. The maximum atomic E-state index is 12.8. The number of methoxy groups -OCH3 is 1. The molecule has 0 aliphatic heterocycles. The second kappa shape index (κ2) is 11.2. The summed E-state index contributed by atoms with van der Waals surface area (Å²) < 4.78 is 13.0. The number of hydrogen-bond acceptors (Lipinski definition) is 5. The van der Waals surface area contributed by atoms with Crippen LogP contribution in [0.1, 0.15) is 49.2 Å². The molecule has 2 N–H and O–H groups in total. The van der Waals surface area contributed by atoms with Gasteiger partial charge in [-0.25, -0.2) is 4.98 Å². The van der Waals surface area contributed by atoms with Crippen molar-refractivity contribution < 1.29 is 19.1 Å². The zero-order valence-corrected chi connectivity index (χ0v) is 19.4. The van der Waals surface area contributed by atoms with E-state index in [1.165, 1.54) is 0 Å². The number of benzene rings is 2. The van der Waals surface area contributed by atoms with Gasteiger partial charge in [-0.2, -0.15) is 0 Å². The van der Waals surface area contributed by atoms with Gasteiger partial charge >= 0.3 is 0 Å². The minimum atomic E-state index is -0.257. The summed E-state index contributed by atoms with van der Waals surface area (Å²) in [5, 5.41) is 5.83. The molecule has 1 atom stereocenters. The third-order valence-electron chi connectivity index (χ3n) is 4.96. The molecular formula is C25H30N4O4. The standard InChI is InChI=1S/C25H30N4O4/c1-17(2)33-22-9-8-19(15-23(22)32-4)18(3)27-25(31)20-6-5-7-21(14-20)28-24(30)10-12-29-13-11-26-16-29/h5-9,11,13-18H,10,12H2,1-4H3,(H,27,31)(H,28,30). The fraction of sp³-hybridized carbons (Fsp3) is 0.320. The summed E-state index contributed by atoms with van der Waals surface area (Å²) in [5.74, 6) is 0.901. The van der Waals surface area contributed by atoms with Crippen molar-refractivity contribution in [2.75, 3.05) is 12.4 Å². The monoisotopic (exact) mass is 450 g/mol. The number of hydrogen-bond donors (Lipinski definition) is 2. The van der Waals surface area contributed by atoms with E-state index in [0.717, 1.165) is 5.56 Å². The van der Waals surface area contributed by atoms with Crippen molar-refractivity contribution in [2.45, 2.75) is 45.9 Å². The van der Waals surface area contributed by atoms with Crippen LogP contribution in [0.3, 0.4) is 0 Å². The van der Waals surface area contributed by atoms with Gasteiger partial charge in [0.05, 0.1) is 25.6 Å². The van der Waals surface area contributed by atoms with Crippen LogP contribution in [-0.4, -0.2) is 34.6 Å². The van der Waals surface area contributed by atoms with Crippen LogP contribution >= 0.6 is 0 Å². The lowest BCUT2D eigenvalue weighted by Crippen LogP contribution is -2.26. The Balaban J connectivity index is 1.61. The van der Waals surface area contributed by atoms with Crippen molar-refractivity contribution in [3.8, 4) is 11.5 Å². The van der Waals surface area contributed by atoms with Crippen LogP contribution in [-0.2, 0) is 11.3 Å². The molecule has 0 saturated heterocycles. The molecule has 0 radical (unpaired) electrons. The molecule has 3 rings (SSSR count).